The molecule has 0 bridgehead atoms. The predicted molar refractivity (Wildman–Crippen MR) is 81.8 cm³/mol. The number of alkyl halides is 1. The molecule has 1 saturated carbocycles. The Balaban J connectivity index is 2.22. The molecule has 0 aromatic heterocycles. The van der Waals surface area contributed by atoms with Gasteiger partial charge in [0.1, 0.15) is 6.17 Å². The van der Waals surface area contributed by atoms with Crippen LogP contribution in [0.15, 0.2) is 0 Å². The number of halogens is 1. The van der Waals surface area contributed by atoms with Crippen LogP contribution in [0.2, 0.25) is 0 Å². The normalized spacial score (nSPS) is 30.6. The Morgan fingerprint density at radius 1 is 0.850 bits per heavy atom. The van der Waals surface area contributed by atoms with Gasteiger partial charge in [0.25, 0.3) is 0 Å². The van der Waals surface area contributed by atoms with Crippen molar-refractivity contribution in [3.8, 4) is 0 Å². The molecule has 4 atom stereocenters. The Kier molecular flexibility index (Phi) is 9.45. The summed E-state index contributed by atoms with van der Waals surface area (Å²) >= 11 is 0. The molecule has 1 rings (SSSR count). The van der Waals surface area contributed by atoms with E-state index in [4.69, 9.17) is 9.47 Å². The first-order valence-electron chi connectivity index (χ1n) is 8.58. The number of rotatable bonds is 10. The van der Waals surface area contributed by atoms with Crippen LogP contribution >= 0.6 is 0 Å². The molecule has 0 spiro atoms. The highest BCUT2D eigenvalue weighted by molar-refractivity contribution is 4.87. The number of ether oxygens (including phenoxy) is 2. The van der Waals surface area contributed by atoms with Crippen LogP contribution in [0.4, 0.5) is 4.39 Å². The average Bonchev–Trinajstić information content (AvgIpc) is 2.45. The Morgan fingerprint density at radius 3 is 2.15 bits per heavy atom. The summed E-state index contributed by atoms with van der Waals surface area (Å²) in [6, 6.07) is 0. The molecule has 20 heavy (non-hydrogen) atoms. The zero-order valence-electron chi connectivity index (χ0n) is 13.6. The van der Waals surface area contributed by atoms with Crippen LogP contribution in [0.3, 0.4) is 0 Å². The van der Waals surface area contributed by atoms with Crippen LogP contribution in [-0.2, 0) is 9.47 Å². The van der Waals surface area contributed by atoms with E-state index in [0.29, 0.717) is 6.61 Å². The highest BCUT2D eigenvalue weighted by Crippen LogP contribution is 2.31. The molecule has 2 nitrogen and oxygen atoms in total. The van der Waals surface area contributed by atoms with Gasteiger partial charge in [-0.1, -0.05) is 46.5 Å². The van der Waals surface area contributed by atoms with Gasteiger partial charge < -0.3 is 9.47 Å². The molecule has 1 aliphatic carbocycles. The lowest BCUT2D eigenvalue weighted by Crippen LogP contribution is -2.43. The Hall–Kier alpha value is -0.150. The van der Waals surface area contributed by atoms with Gasteiger partial charge in [0.15, 0.2) is 0 Å². The van der Waals surface area contributed by atoms with Crippen LogP contribution in [0, 0.1) is 5.92 Å². The van der Waals surface area contributed by atoms with Gasteiger partial charge in [-0.25, -0.2) is 4.39 Å². The van der Waals surface area contributed by atoms with Crippen molar-refractivity contribution >= 4 is 0 Å². The smallest absolute Gasteiger partial charge is 0.131 e. The first-order chi connectivity index (χ1) is 9.70. The largest absolute Gasteiger partial charge is 0.378 e. The van der Waals surface area contributed by atoms with Gasteiger partial charge in [-0.15, -0.1) is 0 Å². The van der Waals surface area contributed by atoms with Gasteiger partial charge in [0, 0.05) is 19.1 Å². The van der Waals surface area contributed by atoms with Crippen molar-refractivity contribution in [3.05, 3.63) is 0 Å². The molecular weight excluding hydrogens is 255 g/mol. The maximum atomic E-state index is 14.3. The predicted octanol–water partition coefficient (Wildman–Crippen LogP) is 4.91. The fourth-order valence-corrected chi connectivity index (χ4v) is 2.85. The van der Waals surface area contributed by atoms with Gasteiger partial charge >= 0.3 is 0 Å². The van der Waals surface area contributed by atoms with Gasteiger partial charge in [-0.05, 0) is 25.7 Å². The molecule has 0 heterocycles. The van der Waals surface area contributed by atoms with E-state index in [1.807, 2.05) is 6.92 Å². The minimum Gasteiger partial charge on any atom is -0.378 e. The molecule has 0 radical (unpaired) electrons. The van der Waals surface area contributed by atoms with E-state index >= 15 is 0 Å². The van der Waals surface area contributed by atoms with E-state index in [2.05, 4.69) is 13.8 Å². The van der Waals surface area contributed by atoms with Crippen LogP contribution in [-0.4, -0.2) is 31.6 Å². The van der Waals surface area contributed by atoms with E-state index in [1.54, 1.807) is 0 Å². The monoisotopic (exact) mass is 288 g/mol. The second-order valence-corrected chi connectivity index (χ2v) is 6.11. The van der Waals surface area contributed by atoms with E-state index in [9.17, 15) is 4.39 Å². The third-order valence-electron chi connectivity index (χ3n) is 4.34. The molecule has 0 aromatic rings. The SMILES string of the molecule is CCCCCCOC1CCC(OCCCC)C(F)C1C. The average molecular weight is 288 g/mol. The van der Waals surface area contributed by atoms with Crippen LogP contribution in [0.5, 0.6) is 0 Å². The fourth-order valence-electron chi connectivity index (χ4n) is 2.85. The third-order valence-corrected chi connectivity index (χ3v) is 4.34. The van der Waals surface area contributed by atoms with Crippen molar-refractivity contribution in [2.24, 2.45) is 5.92 Å². The standard InChI is InChI=1S/C17H33FO2/c1-4-6-8-9-13-19-15-10-11-16(17(18)14(15)3)20-12-7-5-2/h14-17H,4-13H2,1-3H3. The molecule has 0 N–H and O–H groups in total. The van der Waals surface area contributed by atoms with Crippen molar-refractivity contribution in [3.63, 3.8) is 0 Å². The van der Waals surface area contributed by atoms with E-state index in [-0.39, 0.29) is 18.1 Å². The molecule has 3 heteroatoms. The summed E-state index contributed by atoms with van der Waals surface area (Å²) in [4.78, 5) is 0. The summed E-state index contributed by atoms with van der Waals surface area (Å²) < 4.78 is 25.9. The van der Waals surface area contributed by atoms with Crippen LogP contribution < -0.4 is 0 Å². The number of hydrogen-bond donors (Lipinski definition) is 0. The first-order valence-corrected chi connectivity index (χ1v) is 8.58. The third kappa shape index (κ3) is 6.09. The zero-order valence-corrected chi connectivity index (χ0v) is 13.6. The van der Waals surface area contributed by atoms with Crippen molar-refractivity contribution in [2.75, 3.05) is 13.2 Å². The van der Waals surface area contributed by atoms with Crippen molar-refractivity contribution in [1.82, 2.24) is 0 Å². The first kappa shape index (κ1) is 17.9. The number of hydrogen-bond acceptors (Lipinski definition) is 2. The summed E-state index contributed by atoms with van der Waals surface area (Å²) in [6.07, 6.45) is 7.68. The fraction of sp³-hybridized carbons (Fsp3) is 1.00. The Morgan fingerprint density at radius 2 is 1.45 bits per heavy atom. The summed E-state index contributed by atoms with van der Waals surface area (Å²) in [5.74, 6) is -0.0402. The summed E-state index contributed by atoms with van der Waals surface area (Å²) in [5, 5.41) is 0. The molecular formula is C17H33FO2. The molecule has 1 aliphatic rings. The van der Waals surface area contributed by atoms with Crippen molar-refractivity contribution < 1.29 is 13.9 Å². The Labute approximate surface area is 124 Å². The van der Waals surface area contributed by atoms with Crippen molar-refractivity contribution in [2.45, 2.75) is 90.5 Å². The van der Waals surface area contributed by atoms with E-state index in [1.165, 1.54) is 19.3 Å². The summed E-state index contributed by atoms with van der Waals surface area (Å²) in [5.41, 5.74) is 0. The van der Waals surface area contributed by atoms with E-state index in [0.717, 1.165) is 38.7 Å². The lowest BCUT2D eigenvalue weighted by Gasteiger charge is -2.37. The summed E-state index contributed by atoms with van der Waals surface area (Å²) in [7, 11) is 0. The molecule has 4 unspecified atom stereocenters. The molecule has 0 saturated heterocycles. The van der Waals surface area contributed by atoms with E-state index < -0.39 is 6.17 Å². The van der Waals surface area contributed by atoms with Crippen LogP contribution in [0.25, 0.3) is 0 Å². The second kappa shape index (κ2) is 10.6. The molecule has 0 amide bonds. The van der Waals surface area contributed by atoms with Gasteiger partial charge in [0.05, 0.1) is 12.2 Å². The van der Waals surface area contributed by atoms with Gasteiger partial charge in [0.2, 0.25) is 0 Å². The van der Waals surface area contributed by atoms with Crippen LogP contribution in [0.1, 0.15) is 72.1 Å². The molecule has 0 aromatic carbocycles. The number of unbranched alkanes of at least 4 members (excludes halogenated alkanes) is 4. The maximum absolute atomic E-state index is 14.3. The highest BCUT2D eigenvalue weighted by atomic mass is 19.1. The van der Waals surface area contributed by atoms with Gasteiger partial charge in [-0.3, -0.25) is 0 Å². The quantitative estimate of drug-likeness (QED) is 0.532. The highest BCUT2D eigenvalue weighted by Gasteiger charge is 2.38. The minimum atomic E-state index is -0.874. The topological polar surface area (TPSA) is 18.5 Å². The minimum absolute atomic E-state index is 0.0402. The second-order valence-electron chi connectivity index (χ2n) is 6.11. The summed E-state index contributed by atoms with van der Waals surface area (Å²) in [6.45, 7) is 7.77. The van der Waals surface area contributed by atoms with Gasteiger partial charge in [-0.2, -0.15) is 0 Å². The maximum Gasteiger partial charge on any atom is 0.131 e. The van der Waals surface area contributed by atoms with Crippen molar-refractivity contribution in [1.29, 1.82) is 0 Å². The molecule has 0 aliphatic heterocycles. The molecule has 120 valence electrons. The lowest BCUT2D eigenvalue weighted by atomic mass is 9.84. The molecule has 1 fully saturated rings. The zero-order chi connectivity index (χ0) is 14.8. The Bertz CT molecular complexity index is 235. The lowest BCUT2D eigenvalue weighted by molar-refractivity contribution is -0.105.